The minimum absolute atomic E-state index is 0.0497. The number of nitrogens with one attached hydrogen (secondary N) is 1. The molecule has 0 bridgehead atoms. The van der Waals surface area contributed by atoms with E-state index >= 15 is 0 Å². The number of unbranched alkanes of at least 4 members (excludes halogenated alkanes) is 1. The molecule has 2 aromatic rings. The van der Waals surface area contributed by atoms with Gasteiger partial charge in [-0.15, -0.1) is 11.3 Å². The molecule has 1 aliphatic heterocycles. The third kappa shape index (κ3) is 6.06. The van der Waals surface area contributed by atoms with Gasteiger partial charge in [-0.05, 0) is 43.9 Å². The van der Waals surface area contributed by atoms with Crippen LogP contribution in [0.15, 0.2) is 24.3 Å². The van der Waals surface area contributed by atoms with Crippen molar-refractivity contribution in [3.05, 3.63) is 45.4 Å². The number of thiazole rings is 1. The molecule has 1 aromatic carbocycles. The van der Waals surface area contributed by atoms with Crippen molar-refractivity contribution in [2.24, 2.45) is 0 Å². The monoisotopic (exact) mass is 403 g/mol. The van der Waals surface area contributed by atoms with Crippen LogP contribution in [0.1, 0.15) is 45.7 Å². The highest BCUT2D eigenvalue weighted by atomic mass is 32.2. The summed E-state index contributed by atoms with van der Waals surface area (Å²) in [6.45, 7) is 7.61. The summed E-state index contributed by atoms with van der Waals surface area (Å²) in [5.74, 6) is 2.45. The number of anilines is 1. The van der Waals surface area contributed by atoms with E-state index in [1.165, 1.54) is 41.5 Å². The molecule has 0 saturated carbocycles. The molecule has 1 amide bonds. The third-order valence-corrected chi connectivity index (χ3v) is 6.98. The summed E-state index contributed by atoms with van der Waals surface area (Å²) >= 11 is 3.57. The van der Waals surface area contributed by atoms with E-state index in [1.807, 2.05) is 30.8 Å². The molecule has 0 radical (unpaired) electrons. The minimum Gasteiger partial charge on any atom is -0.321 e. The lowest BCUT2D eigenvalue weighted by molar-refractivity contribution is 0.103. The van der Waals surface area contributed by atoms with Gasteiger partial charge in [0.25, 0.3) is 5.91 Å². The maximum Gasteiger partial charge on any atom is 0.267 e. The average molecular weight is 404 g/mol. The summed E-state index contributed by atoms with van der Waals surface area (Å²) in [7, 11) is 0. The highest BCUT2D eigenvalue weighted by molar-refractivity contribution is 7.99. The third-order valence-electron chi connectivity index (χ3n) is 4.82. The molecule has 1 aliphatic rings. The Balaban J connectivity index is 1.53. The van der Waals surface area contributed by atoms with Gasteiger partial charge in [0.15, 0.2) is 0 Å². The summed E-state index contributed by atoms with van der Waals surface area (Å²) in [5.41, 5.74) is 3.00. The Morgan fingerprint density at radius 3 is 2.63 bits per heavy atom. The van der Waals surface area contributed by atoms with E-state index < -0.39 is 0 Å². The van der Waals surface area contributed by atoms with Crippen LogP contribution in [0, 0.1) is 6.92 Å². The zero-order valence-corrected chi connectivity index (χ0v) is 17.9. The van der Waals surface area contributed by atoms with Crippen LogP contribution in [0.4, 0.5) is 5.69 Å². The topological polar surface area (TPSA) is 45.2 Å². The van der Waals surface area contributed by atoms with Crippen molar-refractivity contribution < 1.29 is 4.79 Å². The Kier molecular flexibility index (Phi) is 7.73. The molecule has 0 spiro atoms. The molecule has 0 unspecified atom stereocenters. The quantitative estimate of drug-likeness (QED) is 0.697. The van der Waals surface area contributed by atoms with Crippen molar-refractivity contribution in [2.45, 2.75) is 39.5 Å². The number of aromatic nitrogens is 1. The number of amides is 1. The summed E-state index contributed by atoms with van der Waals surface area (Å²) in [4.78, 5) is 20.4. The molecule has 2 heterocycles. The normalized spacial score (nSPS) is 15.0. The first-order chi connectivity index (χ1) is 13.2. The van der Waals surface area contributed by atoms with E-state index in [0.717, 1.165) is 53.5 Å². The van der Waals surface area contributed by atoms with E-state index in [1.54, 1.807) is 0 Å². The first-order valence-electron chi connectivity index (χ1n) is 9.82. The SMILES string of the molecule is CCCCc1nc(C)c(C(=O)Nc2ccc(CCN3CCSCC3)cc2)s1. The van der Waals surface area contributed by atoms with Gasteiger partial charge >= 0.3 is 0 Å². The fourth-order valence-electron chi connectivity index (χ4n) is 3.15. The van der Waals surface area contributed by atoms with Crippen LogP contribution in [0.5, 0.6) is 0 Å². The molecule has 3 rings (SSSR count). The van der Waals surface area contributed by atoms with Crippen LogP contribution in [0.25, 0.3) is 0 Å². The van der Waals surface area contributed by atoms with Crippen molar-refractivity contribution >= 4 is 34.7 Å². The summed E-state index contributed by atoms with van der Waals surface area (Å²) < 4.78 is 0. The van der Waals surface area contributed by atoms with Crippen LogP contribution in [0.2, 0.25) is 0 Å². The van der Waals surface area contributed by atoms with Crippen molar-refractivity contribution in [2.75, 3.05) is 36.5 Å². The van der Waals surface area contributed by atoms with Crippen molar-refractivity contribution in [1.82, 2.24) is 9.88 Å². The lowest BCUT2D eigenvalue weighted by atomic mass is 10.1. The summed E-state index contributed by atoms with van der Waals surface area (Å²) in [6, 6.07) is 8.27. The highest BCUT2D eigenvalue weighted by Crippen LogP contribution is 2.21. The van der Waals surface area contributed by atoms with Gasteiger partial charge < -0.3 is 10.2 Å². The smallest absolute Gasteiger partial charge is 0.267 e. The zero-order chi connectivity index (χ0) is 19.1. The minimum atomic E-state index is -0.0497. The Hall–Kier alpha value is -1.37. The predicted octanol–water partition coefficient (Wildman–Crippen LogP) is 4.64. The van der Waals surface area contributed by atoms with Gasteiger partial charge in [-0.1, -0.05) is 25.5 Å². The van der Waals surface area contributed by atoms with Gasteiger partial charge in [0.05, 0.1) is 10.7 Å². The van der Waals surface area contributed by atoms with Crippen LogP contribution in [-0.4, -0.2) is 46.9 Å². The van der Waals surface area contributed by atoms with E-state index in [9.17, 15) is 4.79 Å². The number of hydrogen-bond acceptors (Lipinski definition) is 5. The molecule has 0 atom stereocenters. The van der Waals surface area contributed by atoms with Crippen molar-refractivity contribution in [3.63, 3.8) is 0 Å². The first kappa shape index (κ1) is 20.4. The van der Waals surface area contributed by atoms with E-state index in [4.69, 9.17) is 0 Å². The van der Waals surface area contributed by atoms with Gasteiger partial charge in [0.2, 0.25) is 0 Å². The van der Waals surface area contributed by atoms with Crippen LogP contribution in [-0.2, 0) is 12.8 Å². The van der Waals surface area contributed by atoms with E-state index in [-0.39, 0.29) is 5.91 Å². The van der Waals surface area contributed by atoms with Gasteiger partial charge in [0.1, 0.15) is 4.88 Å². The highest BCUT2D eigenvalue weighted by Gasteiger charge is 2.15. The zero-order valence-electron chi connectivity index (χ0n) is 16.3. The molecule has 146 valence electrons. The largest absolute Gasteiger partial charge is 0.321 e. The van der Waals surface area contributed by atoms with Crippen LogP contribution in [0.3, 0.4) is 0 Å². The molecule has 1 N–H and O–H groups in total. The van der Waals surface area contributed by atoms with E-state index in [0.29, 0.717) is 0 Å². The predicted molar refractivity (Wildman–Crippen MR) is 117 cm³/mol. The van der Waals surface area contributed by atoms with Crippen molar-refractivity contribution in [1.29, 1.82) is 0 Å². The molecule has 1 aromatic heterocycles. The molecule has 0 aliphatic carbocycles. The second-order valence-electron chi connectivity index (χ2n) is 6.98. The molecular formula is C21H29N3OS2. The second kappa shape index (κ2) is 10.2. The number of aryl methyl sites for hydroxylation is 2. The molecule has 1 fully saturated rings. The molecular weight excluding hydrogens is 374 g/mol. The Morgan fingerprint density at radius 1 is 1.19 bits per heavy atom. The Morgan fingerprint density at radius 2 is 1.93 bits per heavy atom. The van der Waals surface area contributed by atoms with E-state index in [2.05, 4.69) is 34.3 Å². The number of nitrogens with zero attached hydrogens (tertiary/aromatic N) is 2. The Labute approximate surface area is 170 Å². The van der Waals surface area contributed by atoms with Gasteiger partial charge in [-0.3, -0.25) is 4.79 Å². The fraction of sp³-hybridized carbons (Fsp3) is 0.524. The summed E-state index contributed by atoms with van der Waals surface area (Å²) in [5, 5.41) is 4.08. The number of hydrogen-bond donors (Lipinski definition) is 1. The molecule has 1 saturated heterocycles. The number of benzene rings is 1. The van der Waals surface area contributed by atoms with Crippen LogP contribution < -0.4 is 5.32 Å². The standard InChI is InChI=1S/C21H29N3OS2/c1-3-4-5-19-22-16(2)20(27-19)21(25)23-18-8-6-17(7-9-18)10-11-24-12-14-26-15-13-24/h6-9H,3-5,10-15H2,1-2H3,(H,23,25). The number of carbonyl (C=O) groups excluding carboxylic acids is 1. The summed E-state index contributed by atoms with van der Waals surface area (Å²) in [6.07, 6.45) is 4.28. The van der Waals surface area contributed by atoms with Gasteiger partial charge in [0, 0.05) is 36.8 Å². The fourth-order valence-corrected chi connectivity index (χ4v) is 5.13. The molecule has 4 nitrogen and oxygen atoms in total. The lowest BCUT2D eigenvalue weighted by Crippen LogP contribution is -2.34. The molecule has 27 heavy (non-hydrogen) atoms. The van der Waals surface area contributed by atoms with Crippen LogP contribution >= 0.6 is 23.1 Å². The average Bonchev–Trinajstić information content (AvgIpc) is 3.07. The van der Waals surface area contributed by atoms with Crippen molar-refractivity contribution in [3.8, 4) is 0 Å². The molecule has 6 heteroatoms. The van der Waals surface area contributed by atoms with Gasteiger partial charge in [-0.25, -0.2) is 4.98 Å². The maximum absolute atomic E-state index is 12.6. The maximum atomic E-state index is 12.6. The second-order valence-corrected chi connectivity index (χ2v) is 9.29. The lowest BCUT2D eigenvalue weighted by Gasteiger charge is -2.26. The Bertz CT molecular complexity index is 736. The van der Waals surface area contributed by atoms with Gasteiger partial charge in [-0.2, -0.15) is 11.8 Å². The number of carbonyl (C=O) groups is 1. The first-order valence-corrected chi connectivity index (χ1v) is 11.8. The number of rotatable bonds is 8. The number of thioether (sulfide) groups is 1.